The number of nitrogens with zero attached hydrogens (tertiary/aromatic N) is 1. The molecule has 5 heteroatoms. The van der Waals surface area contributed by atoms with Gasteiger partial charge in [0.2, 0.25) is 0 Å². The first-order valence-corrected chi connectivity index (χ1v) is 6.06. The Balaban J connectivity index is 2.12. The zero-order valence-corrected chi connectivity index (χ0v) is 10.5. The van der Waals surface area contributed by atoms with Crippen molar-refractivity contribution in [3.63, 3.8) is 0 Å². The van der Waals surface area contributed by atoms with E-state index in [0.717, 1.165) is 23.2 Å². The van der Waals surface area contributed by atoms with Gasteiger partial charge in [0.05, 0.1) is 24.2 Å². The molecule has 96 valence electrons. The number of aromatic nitrogens is 2. The number of aliphatic hydroxyl groups is 1. The highest BCUT2D eigenvalue weighted by atomic mass is 16.5. The molecule has 0 bridgehead atoms. The van der Waals surface area contributed by atoms with Crippen LogP contribution in [-0.4, -0.2) is 28.3 Å². The molecule has 0 spiro atoms. The Labute approximate surface area is 105 Å². The molecular weight excluding hydrogens is 232 g/mol. The molecule has 0 amide bonds. The zero-order valence-electron chi connectivity index (χ0n) is 10.5. The van der Waals surface area contributed by atoms with Gasteiger partial charge in [-0.3, -0.25) is 0 Å². The summed E-state index contributed by atoms with van der Waals surface area (Å²) >= 11 is 0. The second-order valence-corrected chi connectivity index (χ2v) is 5.01. The minimum absolute atomic E-state index is 0.539. The van der Waals surface area contributed by atoms with Crippen molar-refractivity contribution in [3.05, 3.63) is 18.0 Å². The lowest BCUT2D eigenvalue weighted by molar-refractivity contribution is 0.0700. The molecule has 18 heavy (non-hydrogen) atoms. The molecule has 2 aromatic rings. The van der Waals surface area contributed by atoms with E-state index in [1.165, 1.54) is 0 Å². The van der Waals surface area contributed by atoms with E-state index in [2.05, 4.69) is 9.97 Å². The fourth-order valence-corrected chi connectivity index (χ4v) is 1.96. The maximum Gasteiger partial charge on any atom is 0.163 e. The molecule has 5 nitrogen and oxygen atoms in total. The molecule has 2 heterocycles. The topological polar surface area (TPSA) is 67.4 Å². The van der Waals surface area contributed by atoms with Gasteiger partial charge in [0.15, 0.2) is 11.5 Å². The van der Waals surface area contributed by atoms with Gasteiger partial charge in [-0.2, -0.15) is 0 Å². The van der Waals surface area contributed by atoms with Crippen molar-refractivity contribution in [1.29, 1.82) is 0 Å². The number of aromatic amines is 1. The average Bonchev–Trinajstić information content (AvgIpc) is 2.57. The summed E-state index contributed by atoms with van der Waals surface area (Å²) in [5.41, 5.74) is 0.630. The first-order chi connectivity index (χ1) is 8.54. The molecule has 0 aliphatic carbocycles. The normalized spacial score (nSPS) is 15.7. The summed E-state index contributed by atoms with van der Waals surface area (Å²) in [6.07, 6.45) is 0.880. The van der Waals surface area contributed by atoms with Crippen molar-refractivity contribution in [1.82, 2.24) is 9.97 Å². The third kappa shape index (κ3) is 1.90. The smallest absolute Gasteiger partial charge is 0.163 e. The molecule has 0 atom stereocenters. The first kappa shape index (κ1) is 11.3. The summed E-state index contributed by atoms with van der Waals surface area (Å²) in [6, 6.07) is 3.72. The molecule has 1 aromatic heterocycles. The van der Waals surface area contributed by atoms with Crippen molar-refractivity contribution in [3.8, 4) is 11.5 Å². The van der Waals surface area contributed by atoms with Crippen LogP contribution in [0.5, 0.6) is 11.5 Å². The number of nitrogens with one attached hydrogen (secondary N) is 1. The summed E-state index contributed by atoms with van der Waals surface area (Å²) in [6.45, 7) is 4.71. The second kappa shape index (κ2) is 3.88. The Kier molecular flexibility index (Phi) is 2.45. The van der Waals surface area contributed by atoms with Crippen molar-refractivity contribution in [2.45, 2.75) is 25.9 Å². The number of hydrogen-bond donors (Lipinski definition) is 2. The van der Waals surface area contributed by atoms with E-state index >= 15 is 0 Å². The van der Waals surface area contributed by atoms with Crippen molar-refractivity contribution >= 4 is 11.0 Å². The van der Waals surface area contributed by atoms with Gasteiger partial charge < -0.3 is 19.6 Å². The number of hydrogen-bond acceptors (Lipinski definition) is 4. The van der Waals surface area contributed by atoms with E-state index in [0.29, 0.717) is 24.8 Å². The molecular formula is C13H16N2O3. The number of rotatable bonds is 1. The maximum absolute atomic E-state index is 9.94. The van der Waals surface area contributed by atoms with Crippen molar-refractivity contribution in [2.24, 2.45) is 0 Å². The second-order valence-electron chi connectivity index (χ2n) is 5.01. The van der Waals surface area contributed by atoms with Gasteiger partial charge in [-0.05, 0) is 13.8 Å². The van der Waals surface area contributed by atoms with Crippen LogP contribution in [0, 0.1) is 0 Å². The van der Waals surface area contributed by atoms with Crippen LogP contribution in [0.25, 0.3) is 11.0 Å². The third-order valence-corrected chi connectivity index (χ3v) is 2.93. The monoisotopic (exact) mass is 248 g/mol. The molecule has 1 aliphatic heterocycles. The van der Waals surface area contributed by atoms with Gasteiger partial charge in [-0.25, -0.2) is 4.98 Å². The zero-order chi connectivity index (χ0) is 12.8. The van der Waals surface area contributed by atoms with E-state index in [1.54, 1.807) is 13.8 Å². The fraction of sp³-hybridized carbons (Fsp3) is 0.462. The largest absolute Gasteiger partial charge is 0.489 e. The van der Waals surface area contributed by atoms with Gasteiger partial charge >= 0.3 is 0 Å². The number of benzene rings is 1. The molecule has 1 aromatic carbocycles. The highest BCUT2D eigenvalue weighted by Crippen LogP contribution is 2.34. The summed E-state index contributed by atoms with van der Waals surface area (Å²) in [7, 11) is 0. The Morgan fingerprint density at radius 3 is 2.56 bits per heavy atom. The summed E-state index contributed by atoms with van der Waals surface area (Å²) in [4.78, 5) is 7.49. The van der Waals surface area contributed by atoms with Crippen molar-refractivity contribution in [2.75, 3.05) is 13.2 Å². The number of H-pyrrole nitrogens is 1. The highest BCUT2D eigenvalue weighted by molar-refractivity contribution is 5.80. The quantitative estimate of drug-likeness (QED) is 0.809. The third-order valence-electron chi connectivity index (χ3n) is 2.93. The van der Waals surface area contributed by atoms with Crippen LogP contribution >= 0.6 is 0 Å². The maximum atomic E-state index is 9.94. The SMILES string of the molecule is CC(C)(O)c1nc2cc3c(cc2[nH]1)OCCCO3. The fourth-order valence-electron chi connectivity index (χ4n) is 1.96. The molecule has 0 fully saturated rings. The van der Waals surface area contributed by atoms with Crippen LogP contribution in [-0.2, 0) is 5.60 Å². The van der Waals surface area contributed by atoms with Crippen LogP contribution in [0.1, 0.15) is 26.1 Å². The highest BCUT2D eigenvalue weighted by Gasteiger charge is 2.22. The van der Waals surface area contributed by atoms with Crippen LogP contribution < -0.4 is 9.47 Å². The van der Waals surface area contributed by atoms with Crippen LogP contribution in [0.3, 0.4) is 0 Å². The number of fused-ring (bicyclic) bond motifs is 2. The summed E-state index contributed by atoms with van der Waals surface area (Å²) < 4.78 is 11.2. The molecule has 3 rings (SSSR count). The lowest BCUT2D eigenvalue weighted by Gasteiger charge is -2.12. The van der Waals surface area contributed by atoms with Gasteiger partial charge in [0.1, 0.15) is 11.4 Å². The lowest BCUT2D eigenvalue weighted by Crippen LogP contribution is -2.17. The predicted octanol–water partition coefficient (Wildman–Crippen LogP) is 1.95. The molecule has 2 N–H and O–H groups in total. The average molecular weight is 248 g/mol. The molecule has 0 radical (unpaired) electrons. The predicted molar refractivity (Wildman–Crippen MR) is 66.9 cm³/mol. The van der Waals surface area contributed by atoms with E-state index in [-0.39, 0.29) is 0 Å². The summed E-state index contributed by atoms with van der Waals surface area (Å²) in [5.74, 6) is 1.98. The standard InChI is InChI=1S/C13H16N2O3/c1-13(2,16)12-14-8-6-10-11(7-9(8)15-12)18-5-3-4-17-10/h6-7,16H,3-5H2,1-2H3,(H,14,15). The Bertz CT molecular complexity index is 541. The van der Waals surface area contributed by atoms with Crippen LogP contribution in [0.15, 0.2) is 12.1 Å². The van der Waals surface area contributed by atoms with Crippen molar-refractivity contribution < 1.29 is 14.6 Å². The van der Waals surface area contributed by atoms with Crippen LogP contribution in [0.2, 0.25) is 0 Å². The minimum Gasteiger partial charge on any atom is -0.489 e. The molecule has 0 saturated carbocycles. The summed E-state index contributed by atoms with van der Waals surface area (Å²) in [5, 5.41) is 9.94. The van der Waals surface area contributed by atoms with E-state index < -0.39 is 5.60 Å². The van der Waals surface area contributed by atoms with Gasteiger partial charge in [-0.15, -0.1) is 0 Å². The van der Waals surface area contributed by atoms with Gasteiger partial charge in [-0.1, -0.05) is 0 Å². The van der Waals surface area contributed by atoms with E-state index in [4.69, 9.17) is 9.47 Å². The minimum atomic E-state index is -0.988. The van der Waals surface area contributed by atoms with E-state index in [9.17, 15) is 5.11 Å². The Morgan fingerprint density at radius 1 is 1.22 bits per heavy atom. The first-order valence-electron chi connectivity index (χ1n) is 6.06. The lowest BCUT2D eigenvalue weighted by atomic mass is 10.1. The Hall–Kier alpha value is -1.75. The van der Waals surface area contributed by atoms with E-state index in [1.807, 2.05) is 12.1 Å². The molecule has 0 unspecified atom stereocenters. The molecule has 1 aliphatic rings. The van der Waals surface area contributed by atoms with Crippen LogP contribution in [0.4, 0.5) is 0 Å². The Morgan fingerprint density at radius 2 is 1.89 bits per heavy atom. The number of ether oxygens (including phenoxy) is 2. The number of imidazole rings is 1. The van der Waals surface area contributed by atoms with Gasteiger partial charge in [0.25, 0.3) is 0 Å². The molecule has 0 saturated heterocycles. The van der Waals surface area contributed by atoms with Gasteiger partial charge in [0, 0.05) is 18.6 Å².